The third-order valence-corrected chi connectivity index (χ3v) is 5.37. The van der Waals surface area contributed by atoms with Crippen molar-refractivity contribution in [3.63, 3.8) is 0 Å². The molecule has 0 fully saturated rings. The summed E-state index contributed by atoms with van der Waals surface area (Å²) in [5.41, 5.74) is 5.78. The molecule has 3 heterocycles. The van der Waals surface area contributed by atoms with E-state index in [1.807, 2.05) is 34.9 Å². The van der Waals surface area contributed by atoms with Crippen LogP contribution in [0.5, 0.6) is 0 Å². The van der Waals surface area contributed by atoms with E-state index in [2.05, 4.69) is 9.97 Å². The Kier molecular flexibility index (Phi) is 3.90. The molecule has 4 aromatic rings. The number of nitrogens with one attached hydrogen (secondary N) is 1. The fourth-order valence-electron chi connectivity index (χ4n) is 3.84. The van der Waals surface area contributed by atoms with Crippen molar-refractivity contribution in [2.45, 2.75) is 32.3 Å². The zero-order valence-corrected chi connectivity index (χ0v) is 15.4. The lowest BCUT2D eigenvalue weighted by Crippen LogP contribution is -2.05. The van der Waals surface area contributed by atoms with Gasteiger partial charge in [0.2, 0.25) is 0 Å². The van der Waals surface area contributed by atoms with Crippen LogP contribution in [0.1, 0.15) is 40.2 Å². The number of benzene rings is 1. The molecule has 27 heavy (non-hydrogen) atoms. The molecule has 1 N–H and O–H groups in total. The maximum atomic E-state index is 12.5. The van der Waals surface area contributed by atoms with Crippen molar-refractivity contribution in [1.82, 2.24) is 14.4 Å². The van der Waals surface area contributed by atoms with Crippen LogP contribution in [0.15, 0.2) is 42.7 Å². The average Bonchev–Trinajstić information content (AvgIpc) is 3.25. The van der Waals surface area contributed by atoms with Crippen LogP contribution in [0.25, 0.3) is 16.6 Å². The zero-order chi connectivity index (χ0) is 18.4. The molecule has 0 atom stereocenters. The van der Waals surface area contributed by atoms with Gasteiger partial charge < -0.3 is 14.1 Å². The Labute approximate surface area is 160 Å². The lowest BCUT2D eigenvalue weighted by molar-refractivity contribution is 0.0468. The number of pyridine rings is 1. The number of carbonyl (C=O) groups is 1. The third kappa shape index (κ3) is 2.98. The Morgan fingerprint density at radius 1 is 1.19 bits per heavy atom. The number of aromatic nitrogens is 3. The minimum absolute atomic E-state index is 0.126. The number of H-pyrrole nitrogens is 1. The molecule has 5 rings (SSSR count). The van der Waals surface area contributed by atoms with E-state index in [0.29, 0.717) is 16.3 Å². The van der Waals surface area contributed by atoms with Gasteiger partial charge in [0.05, 0.1) is 16.3 Å². The van der Waals surface area contributed by atoms with Gasteiger partial charge in [0, 0.05) is 29.0 Å². The first-order valence-corrected chi connectivity index (χ1v) is 9.49. The van der Waals surface area contributed by atoms with Gasteiger partial charge in [-0.1, -0.05) is 11.6 Å². The molecule has 0 spiro atoms. The van der Waals surface area contributed by atoms with E-state index in [4.69, 9.17) is 16.3 Å². The molecule has 6 heteroatoms. The summed E-state index contributed by atoms with van der Waals surface area (Å²) in [4.78, 5) is 20.5. The normalized spacial score (nSPS) is 13.8. The highest BCUT2D eigenvalue weighted by Crippen LogP contribution is 2.29. The van der Waals surface area contributed by atoms with Crippen molar-refractivity contribution in [2.24, 2.45) is 0 Å². The van der Waals surface area contributed by atoms with Crippen molar-refractivity contribution < 1.29 is 9.53 Å². The largest absolute Gasteiger partial charge is 0.456 e. The highest BCUT2D eigenvalue weighted by molar-refractivity contribution is 6.30. The van der Waals surface area contributed by atoms with E-state index in [1.165, 1.54) is 24.1 Å². The second-order valence-corrected chi connectivity index (χ2v) is 7.41. The first kappa shape index (κ1) is 16.4. The third-order valence-electron chi connectivity index (χ3n) is 5.15. The molecule has 1 aromatic carbocycles. The van der Waals surface area contributed by atoms with Crippen molar-refractivity contribution in [2.75, 3.05) is 0 Å². The fraction of sp³-hybridized carbons (Fsp3) is 0.238. The van der Waals surface area contributed by atoms with Crippen LogP contribution in [0.2, 0.25) is 5.02 Å². The van der Waals surface area contributed by atoms with Gasteiger partial charge in [-0.3, -0.25) is 0 Å². The van der Waals surface area contributed by atoms with Crippen LogP contribution in [-0.4, -0.2) is 20.3 Å². The van der Waals surface area contributed by atoms with Gasteiger partial charge in [-0.05, 0) is 61.6 Å². The summed E-state index contributed by atoms with van der Waals surface area (Å²) in [6.07, 6.45) is 8.17. The Bertz CT molecular complexity index is 1180. The van der Waals surface area contributed by atoms with E-state index in [0.717, 1.165) is 29.4 Å². The maximum Gasteiger partial charge on any atom is 0.338 e. The van der Waals surface area contributed by atoms with E-state index >= 15 is 0 Å². The fourth-order valence-corrected chi connectivity index (χ4v) is 4.01. The van der Waals surface area contributed by atoms with E-state index < -0.39 is 0 Å². The number of imidazole rings is 1. The summed E-state index contributed by atoms with van der Waals surface area (Å²) in [5.74, 6) is -0.335. The number of aryl methyl sites for hydroxylation is 2. The molecule has 0 radical (unpaired) electrons. The highest BCUT2D eigenvalue weighted by Gasteiger charge is 2.17. The molecular weight excluding hydrogens is 362 g/mol. The van der Waals surface area contributed by atoms with Crippen LogP contribution in [0, 0.1) is 0 Å². The standard InChI is InChI=1S/C21H18ClN3O2/c22-14-6-8-20-23-15(11-25(20)10-14)12-27-21(26)13-5-7-19-17(9-13)16-3-1-2-4-18(16)24-19/h5-11,24H,1-4,12H2. The summed E-state index contributed by atoms with van der Waals surface area (Å²) < 4.78 is 7.31. The van der Waals surface area contributed by atoms with Crippen LogP contribution >= 0.6 is 11.6 Å². The van der Waals surface area contributed by atoms with E-state index in [1.54, 1.807) is 12.3 Å². The molecule has 5 nitrogen and oxygen atoms in total. The SMILES string of the molecule is O=C(OCc1cn2cc(Cl)ccc2n1)c1ccc2[nH]c3c(c2c1)CCCC3. The summed E-state index contributed by atoms with van der Waals surface area (Å²) in [6, 6.07) is 9.35. The smallest absolute Gasteiger partial charge is 0.338 e. The molecule has 0 bridgehead atoms. The van der Waals surface area contributed by atoms with Gasteiger partial charge in [0.25, 0.3) is 0 Å². The van der Waals surface area contributed by atoms with Crippen LogP contribution < -0.4 is 0 Å². The minimum atomic E-state index is -0.335. The first-order valence-electron chi connectivity index (χ1n) is 9.11. The highest BCUT2D eigenvalue weighted by atomic mass is 35.5. The summed E-state index contributed by atoms with van der Waals surface area (Å²) in [6.45, 7) is 0.126. The zero-order valence-electron chi connectivity index (χ0n) is 14.7. The van der Waals surface area contributed by atoms with Gasteiger partial charge >= 0.3 is 5.97 Å². The molecular formula is C21H18ClN3O2. The summed E-state index contributed by atoms with van der Waals surface area (Å²) >= 11 is 5.99. The van der Waals surface area contributed by atoms with Crippen molar-refractivity contribution >= 4 is 34.1 Å². The van der Waals surface area contributed by atoms with E-state index in [-0.39, 0.29) is 12.6 Å². The van der Waals surface area contributed by atoms with Gasteiger partial charge in [-0.2, -0.15) is 0 Å². The number of aromatic amines is 1. The summed E-state index contributed by atoms with van der Waals surface area (Å²) in [5, 5.41) is 1.77. The van der Waals surface area contributed by atoms with Gasteiger partial charge in [-0.25, -0.2) is 9.78 Å². The quantitative estimate of drug-likeness (QED) is 0.524. The number of rotatable bonds is 3. The molecule has 0 amide bonds. The Hall–Kier alpha value is -2.79. The Balaban J connectivity index is 1.37. The number of carbonyl (C=O) groups excluding carboxylic acids is 1. The van der Waals surface area contributed by atoms with Gasteiger partial charge in [-0.15, -0.1) is 0 Å². The van der Waals surface area contributed by atoms with E-state index in [9.17, 15) is 4.79 Å². The lowest BCUT2D eigenvalue weighted by Gasteiger charge is -2.10. The molecule has 0 aliphatic heterocycles. The number of nitrogens with zero attached hydrogens (tertiary/aromatic N) is 2. The molecule has 1 aliphatic carbocycles. The monoisotopic (exact) mass is 379 g/mol. The molecule has 3 aromatic heterocycles. The first-order chi connectivity index (χ1) is 13.2. The summed E-state index contributed by atoms with van der Waals surface area (Å²) in [7, 11) is 0. The Morgan fingerprint density at radius 2 is 2.07 bits per heavy atom. The number of fused-ring (bicyclic) bond motifs is 4. The van der Waals surface area contributed by atoms with Crippen LogP contribution in [-0.2, 0) is 24.2 Å². The topological polar surface area (TPSA) is 59.4 Å². The maximum absolute atomic E-state index is 12.5. The minimum Gasteiger partial charge on any atom is -0.456 e. The van der Waals surface area contributed by atoms with Crippen LogP contribution in [0.4, 0.5) is 0 Å². The number of esters is 1. The second-order valence-electron chi connectivity index (χ2n) is 6.97. The van der Waals surface area contributed by atoms with Crippen LogP contribution in [0.3, 0.4) is 0 Å². The average molecular weight is 380 g/mol. The van der Waals surface area contributed by atoms with Crippen molar-refractivity contribution in [1.29, 1.82) is 0 Å². The molecule has 136 valence electrons. The van der Waals surface area contributed by atoms with Gasteiger partial charge in [0.1, 0.15) is 12.3 Å². The number of hydrogen-bond donors (Lipinski definition) is 1. The molecule has 0 unspecified atom stereocenters. The van der Waals surface area contributed by atoms with Crippen molar-refractivity contribution in [3.8, 4) is 0 Å². The number of halogens is 1. The lowest BCUT2D eigenvalue weighted by atomic mass is 9.95. The van der Waals surface area contributed by atoms with Gasteiger partial charge in [0.15, 0.2) is 0 Å². The van der Waals surface area contributed by atoms with Crippen molar-refractivity contribution in [3.05, 3.63) is 70.3 Å². The molecule has 1 aliphatic rings. The number of ether oxygens (including phenoxy) is 1. The number of hydrogen-bond acceptors (Lipinski definition) is 3. The molecule has 0 saturated heterocycles. The predicted octanol–water partition coefficient (Wildman–Crippen LogP) is 4.70. The second kappa shape index (κ2) is 6.43. The molecule has 0 saturated carbocycles. The predicted molar refractivity (Wildman–Crippen MR) is 104 cm³/mol. The Morgan fingerprint density at radius 3 is 3.00 bits per heavy atom.